The number of carbonyl (C=O) groups excluding carboxylic acids is 5. The van der Waals surface area contributed by atoms with Crippen LogP contribution in [0, 0.1) is 6.92 Å². The Morgan fingerprint density at radius 1 is 0.818 bits per heavy atom. The van der Waals surface area contributed by atoms with Gasteiger partial charge in [0, 0.05) is 5.56 Å². The molecular formula is C25H18N2O6. The van der Waals surface area contributed by atoms with Gasteiger partial charge in [-0.25, -0.2) is 9.69 Å². The minimum absolute atomic E-state index is 0.00344. The van der Waals surface area contributed by atoms with E-state index in [0.29, 0.717) is 5.69 Å². The predicted octanol–water partition coefficient (Wildman–Crippen LogP) is 2.91. The van der Waals surface area contributed by atoms with Gasteiger partial charge in [0.1, 0.15) is 0 Å². The SMILES string of the molecule is Cc1ccccc1N1C(=O)c2ccc(C(=O)OCC(=O)NC(=O)c3ccccc3)cc2C1=O. The lowest BCUT2D eigenvalue weighted by Crippen LogP contribution is -2.34. The van der Waals surface area contributed by atoms with Crippen molar-refractivity contribution in [2.45, 2.75) is 6.92 Å². The average molecular weight is 442 g/mol. The third kappa shape index (κ3) is 4.27. The van der Waals surface area contributed by atoms with Gasteiger partial charge in [0.05, 0.1) is 22.4 Å². The Hall–Kier alpha value is -4.59. The highest BCUT2D eigenvalue weighted by molar-refractivity contribution is 6.35. The third-order valence-electron chi connectivity index (χ3n) is 5.10. The molecule has 0 fully saturated rings. The summed E-state index contributed by atoms with van der Waals surface area (Å²) in [6, 6.07) is 19.1. The number of rotatable bonds is 5. The fourth-order valence-corrected chi connectivity index (χ4v) is 3.44. The zero-order chi connectivity index (χ0) is 23.5. The van der Waals surface area contributed by atoms with E-state index < -0.39 is 36.2 Å². The molecule has 0 atom stereocenters. The van der Waals surface area contributed by atoms with Gasteiger partial charge in [0.2, 0.25) is 0 Å². The van der Waals surface area contributed by atoms with Crippen LogP contribution in [0.2, 0.25) is 0 Å². The van der Waals surface area contributed by atoms with Gasteiger partial charge in [-0.3, -0.25) is 24.5 Å². The quantitative estimate of drug-likeness (QED) is 0.481. The van der Waals surface area contributed by atoms with Crippen molar-refractivity contribution < 1.29 is 28.7 Å². The molecule has 3 aromatic carbocycles. The maximum atomic E-state index is 12.9. The molecular weight excluding hydrogens is 424 g/mol. The van der Waals surface area contributed by atoms with Crippen molar-refractivity contribution >= 4 is 35.3 Å². The molecule has 0 aromatic heterocycles. The van der Waals surface area contributed by atoms with Crippen LogP contribution in [0.3, 0.4) is 0 Å². The summed E-state index contributed by atoms with van der Waals surface area (Å²) < 4.78 is 4.97. The van der Waals surface area contributed by atoms with Crippen molar-refractivity contribution in [1.29, 1.82) is 0 Å². The van der Waals surface area contributed by atoms with Gasteiger partial charge in [-0.05, 0) is 48.9 Å². The highest BCUT2D eigenvalue weighted by Crippen LogP contribution is 2.31. The van der Waals surface area contributed by atoms with E-state index in [1.807, 2.05) is 0 Å². The number of imide groups is 2. The number of esters is 1. The number of anilines is 1. The normalized spacial score (nSPS) is 12.3. The van der Waals surface area contributed by atoms with E-state index in [1.54, 1.807) is 49.4 Å². The van der Waals surface area contributed by atoms with E-state index in [-0.39, 0.29) is 22.3 Å². The first-order valence-corrected chi connectivity index (χ1v) is 10.0. The number of benzene rings is 3. The standard InChI is InChI=1S/C25H18N2O6/c1-15-7-5-6-10-20(15)27-23(30)18-12-11-17(13-19(18)24(27)31)25(32)33-14-21(28)26-22(29)16-8-3-2-4-9-16/h2-13H,14H2,1H3,(H,26,28,29). The number of carbonyl (C=O) groups is 5. The summed E-state index contributed by atoms with van der Waals surface area (Å²) in [5.41, 5.74) is 1.75. The van der Waals surface area contributed by atoms with Crippen molar-refractivity contribution in [3.63, 3.8) is 0 Å². The Morgan fingerprint density at radius 3 is 2.21 bits per heavy atom. The molecule has 164 valence electrons. The van der Waals surface area contributed by atoms with E-state index in [2.05, 4.69) is 5.32 Å². The minimum atomic E-state index is -0.866. The number of nitrogens with zero attached hydrogens (tertiary/aromatic N) is 1. The van der Waals surface area contributed by atoms with Crippen molar-refractivity contribution in [2.75, 3.05) is 11.5 Å². The number of aryl methyl sites for hydroxylation is 1. The molecule has 1 aliphatic rings. The molecule has 1 N–H and O–H groups in total. The summed E-state index contributed by atoms with van der Waals surface area (Å²) >= 11 is 0. The molecule has 4 amide bonds. The van der Waals surface area contributed by atoms with Crippen LogP contribution in [0.15, 0.2) is 72.8 Å². The molecule has 0 unspecified atom stereocenters. The molecule has 8 nitrogen and oxygen atoms in total. The predicted molar refractivity (Wildman–Crippen MR) is 118 cm³/mol. The minimum Gasteiger partial charge on any atom is -0.452 e. The van der Waals surface area contributed by atoms with E-state index in [9.17, 15) is 24.0 Å². The second kappa shape index (κ2) is 8.88. The smallest absolute Gasteiger partial charge is 0.338 e. The Morgan fingerprint density at radius 2 is 1.48 bits per heavy atom. The summed E-state index contributed by atoms with van der Waals surface area (Å²) in [6.07, 6.45) is 0. The Bertz CT molecular complexity index is 1300. The molecule has 3 aromatic rings. The first kappa shape index (κ1) is 21.6. The van der Waals surface area contributed by atoms with Crippen molar-refractivity contribution in [3.8, 4) is 0 Å². The molecule has 0 saturated heterocycles. The van der Waals surface area contributed by atoms with E-state index in [0.717, 1.165) is 10.5 Å². The van der Waals surface area contributed by atoms with Gasteiger partial charge in [-0.2, -0.15) is 0 Å². The lowest BCUT2D eigenvalue weighted by Gasteiger charge is -2.16. The summed E-state index contributed by atoms with van der Waals surface area (Å²) in [5.74, 6) is -3.31. The van der Waals surface area contributed by atoms with Crippen molar-refractivity contribution in [2.24, 2.45) is 0 Å². The van der Waals surface area contributed by atoms with E-state index in [4.69, 9.17) is 4.74 Å². The first-order chi connectivity index (χ1) is 15.9. The van der Waals surface area contributed by atoms with Crippen LogP contribution < -0.4 is 10.2 Å². The van der Waals surface area contributed by atoms with Crippen LogP contribution in [0.1, 0.15) is 47.0 Å². The number of nitrogens with one attached hydrogen (secondary N) is 1. The molecule has 33 heavy (non-hydrogen) atoms. The average Bonchev–Trinajstić information content (AvgIpc) is 3.07. The van der Waals surface area contributed by atoms with Gasteiger partial charge in [0.25, 0.3) is 23.6 Å². The largest absolute Gasteiger partial charge is 0.452 e. The maximum Gasteiger partial charge on any atom is 0.338 e. The number of amides is 4. The summed E-state index contributed by atoms with van der Waals surface area (Å²) in [5, 5.41) is 2.13. The van der Waals surface area contributed by atoms with Gasteiger partial charge in [0.15, 0.2) is 6.61 Å². The molecule has 0 spiro atoms. The topological polar surface area (TPSA) is 110 Å². The summed E-state index contributed by atoms with van der Waals surface area (Å²) in [4.78, 5) is 63.1. The molecule has 0 bridgehead atoms. The number of ether oxygens (including phenoxy) is 1. The van der Waals surface area contributed by atoms with Crippen molar-refractivity contribution in [1.82, 2.24) is 5.32 Å². The molecule has 8 heteroatoms. The van der Waals surface area contributed by atoms with Crippen LogP contribution >= 0.6 is 0 Å². The van der Waals surface area contributed by atoms with Gasteiger partial charge in [-0.1, -0.05) is 36.4 Å². The van der Waals surface area contributed by atoms with Crippen LogP contribution in [0.5, 0.6) is 0 Å². The van der Waals surface area contributed by atoms with Gasteiger partial charge >= 0.3 is 5.97 Å². The fourth-order valence-electron chi connectivity index (χ4n) is 3.44. The molecule has 0 radical (unpaired) electrons. The Kier molecular flexibility index (Phi) is 5.82. The maximum absolute atomic E-state index is 12.9. The highest BCUT2D eigenvalue weighted by atomic mass is 16.5. The first-order valence-electron chi connectivity index (χ1n) is 10.0. The summed E-state index contributed by atoms with van der Waals surface area (Å²) in [6.45, 7) is 1.10. The third-order valence-corrected chi connectivity index (χ3v) is 5.10. The van der Waals surface area contributed by atoms with E-state index in [1.165, 1.54) is 30.3 Å². The number of hydrogen-bond donors (Lipinski definition) is 1. The lowest BCUT2D eigenvalue weighted by atomic mass is 10.1. The molecule has 4 rings (SSSR count). The van der Waals surface area contributed by atoms with Crippen LogP contribution in [0.25, 0.3) is 0 Å². The van der Waals surface area contributed by atoms with Crippen LogP contribution in [0.4, 0.5) is 5.69 Å². The van der Waals surface area contributed by atoms with Gasteiger partial charge < -0.3 is 4.74 Å². The zero-order valence-electron chi connectivity index (χ0n) is 17.5. The molecule has 1 aliphatic heterocycles. The Balaban J connectivity index is 1.43. The monoisotopic (exact) mass is 442 g/mol. The molecule has 0 aliphatic carbocycles. The summed E-state index contributed by atoms with van der Waals surface area (Å²) in [7, 11) is 0. The second-order valence-corrected chi connectivity index (χ2v) is 7.31. The lowest BCUT2D eigenvalue weighted by molar-refractivity contribution is -0.123. The van der Waals surface area contributed by atoms with Crippen LogP contribution in [-0.4, -0.2) is 36.2 Å². The molecule has 0 saturated carbocycles. The number of hydrogen-bond acceptors (Lipinski definition) is 6. The second-order valence-electron chi connectivity index (χ2n) is 7.31. The fraction of sp³-hybridized carbons (Fsp3) is 0.0800. The van der Waals surface area contributed by atoms with Gasteiger partial charge in [-0.15, -0.1) is 0 Å². The Labute approximate surface area is 188 Å². The van der Waals surface area contributed by atoms with E-state index >= 15 is 0 Å². The number of para-hydroxylation sites is 1. The van der Waals surface area contributed by atoms with Crippen LogP contribution in [-0.2, 0) is 9.53 Å². The zero-order valence-corrected chi connectivity index (χ0v) is 17.5. The van der Waals surface area contributed by atoms with Crippen molar-refractivity contribution in [3.05, 3.63) is 101 Å². The highest BCUT2D eigenvalue weighted by Gasteiger charge is 2.37. The molecule has 1 heterocycles. The number of fused-ring (bicyclic) bond motifs is 1.